The first-order chi connectivity index (χ1) is 10.8. The smallest absolute Gasteiger partial charge is 0.251 e. The predicted molar refractivity (Wildman–Crippen MR) is 86.1 cm³/mol. The van der Waals surface area contributed by atoms with Crippen molar-refractivity contribution in [1.29, 1.82) is 0 Å². The van der Waals surface area contributed by atoms with Crippen molar-refractivity contribution in [3.8, 4) is 12.3 Å². The number of likely N-dealkylation sites (N-methyl/N-ethyl adjacent to an activating group) is 1. The van der Waals surface area contributed by atoms with Gasteiger partial charge >= 0.3 is 0 Å². The van der Waals surface area contributed by atoms with Gasteiger partial charge in [0.2, 0.25) is 15.9 Å². The maximum atomic E-state index is 12.0. The normalized spacial score (nSPS) is 12.0. The fourth-order valence-electron chi connectivity index (χ4n) is 1.68. The Morgan fingerprint density at radius 2 is 1.87 bits per heavy atom. The van der Waals surface area contributed by atoms with E-state index in [2.05, 4.69) is 21.3 Å². The van der Waals surface area contributed by atoms with Crippen LogP contribution in [0, 0.1) is 12.3 Å². The zero-order valence-corrected chi connectivity index (χ0v) is 13.7. The lowest BCUT2D eigenvalue weighted by atomic mass is 10.2. The zero-order chi connectivity index (χ0) is 17.5. The molecule has 0 aromatic heterocycles. The minimum absolute atomic E-state index is 0.000995. The first-order valence-corrected chi connectivity index (χ1v) is 8.42. The van der Waals surface area contributed by atoms with Crippen LogP contribution in [0.3, 0.4) is 0 Å². The molecular weight excluding hydrogens is 318 g/mol. The molecule has 1 unspecified atom stereocenters. The number of rotatable bonds is 7. The summed E-state index contributed by atoms with van der Waals surface area (Å²) >= 11 is 0. The van der Waals surface area contributed by atoms with Gasteiger partial charge in [0.15, 0.2) is 0 Å². The molecule has 124 valence electrons. The third kappa shape index (κ3) is 5.39. The summed E-state index contributed by atoms with van der Waals surface area (Å²) in [5.41, 5.74) is 0.247. The van der Waals surface area contributed by atoms with E-state index in [0.29, 0.717) is 6.54 Å². The van der Waals surface area contributed by atoms with Gasteiger partial charge in [0.05, 0.1) is 11.4 Å². The molecule has 0 heterocycles. The Bertz CT molecular complexity index is 705. The van der Waals surface area contributed by atoms with Crippen LogP contribution in [-0.2, 0) is 14.8 Å². The lowest BCUT2D eigenvalue weighted by Crippen LogP contribution is -2.44. The number of amides is 2. The van der Waals surface area contributed by atoms with E-state index in [1.54, 1.807) is 13.8 Å². The number of sulfonamides is 1. The summed E-state index contributed by atoms with van der Waals surface area (Å²) in [7, 11) is -3.70. The summed E-state index contributed by atoms with van der Waals surface area (Å²) in [5.74, 6) is 1.41. The van der Waals surface area contributed by atoms with E-state index in [0.717, 1.165) is 0 Å². The Kier molecular flexibility index (Phi) is 6.75. The fraction of sp³-hybridized carbons (Fsp3) is 0.333. The summed E-state index contributed by atoms with van der Waals surface area (Å²) in [4.78, 5) is 23.6. The highest BCUT2D eigenvalue weighted by Gasteiger charge is 2.17. The van der Waals surface area contributed by atoms with Crippen LogP contribution < -0.4 is 15.4 Å². The van der Waals surface area contributed by atoms with E-state index in [1.807, 2.05) is 0 Å². The molecule has 1 rings (SSSR count). The monoisotopic (exact) mass is 337 g/mol. The Morgan fingerprint density at radius 1 is 1.26 bits per heavy atom. The molecule has 0 saturated carbocycles. The van der Waals surface area contributed by atoms with Crippen molar-refractivity contribution >= 4 is 21.8 Å². The molecular formula is C15H19N3O4S. The van der Waals surface area contributed by atoms with Gasteiger partial charge in [-0.1, -0.05) is 5.92 Å². The highest BCUT2D eigenvalue weighted by atomic mass is 32.2. The molecule has 2 amide bonds. The van der Waals surface area contributed by atoms with Crippen molar-refractivity contribution in [3.05, 3.63) is 29.8 Å². The minimum atomic E-state index is -3.70. The first kappa shape index (κ1) is 18.7. The zero-order valence-electron chi connectivity index (χ0n) is 12.9. The van der Waals surface area contributed by atoms with Gasteiger partial charge in [-0.2, -0.15) is 4.72 Å². The van der Waals surface area contributed by atoms with Crippen LogP contribution in [-0.4, -0.2) is 39.4 Å². The summed E-state index contributed by atoms with van der Waals surface area (Å²) in [6.45, 7) is 3.69. The van der Waals surface area contributed by atoms with Crippen LogP contribution in [0.25, 0.3) is 0 Å². The van der Waals surface area contributed by atoms with E-state index < -0.39 is 22.0 Å². The van der Waals surface area contributed by atoms with Gasteiger partial charge in [0.1, 0.15) is 6.04 Å². The third-order valence-corrected chi connectivity index (χ3v) is 4.30. The molecule has 8 heteroatoms. The van der Waals surface area contributed by atoms with Gasteiger partial charge in [-0.05, 0) is 38.1 Å². The number of hydrogen-bond donors (Lipinski definition) is 3. The van der Waals surface area contributed by atoms with Gasteiger partial charge < -0.3 is 10.6 Å². The molecule has 0 aliphatic carbocycles. The third-order valence-electron chi connectivity index (χ3n) is 2.88. The molecule has 0 bridgehead atoms. The Morgan fingerprint density at radius 3 is 2.39 bits per heavy atom. The van der Waals surface area contributed by atoms with Gasteiger partial charge in [0.25, 0.3) is 5.91 Å². The number of carbonyl (C=O) groups excluding carboxylic acids is 2. The summed E-state index contributed by atoms with van der Waals surface area (Å²) in [5, 5.41) is 5.12. The summed E-state index contributed by atoms with van der Waals surface area (Å²) in [6.07, 6.45) is 5.01. The second-order valence-electron chi connectivity index (χ2n) is 4.64. The fourth-order valence-corrected chi connectivity index (χ4v) is 2.61. The molecule has 0 spiro atoms. The second-order valence-corrected chi connectivity index (χ2v) is 6.41. The van der Waals surface area contributed by atoms with E-state index in [1.165, 1.54) is 24.3 Å². The maximum Gasteiger partial charge on any atom is 0.251 e. The van der Waals surface area contributed by atoms with E-state index in [4.69, 9.17) is 6.42 Å². The first-order valence-electron chi connectivity index (χ1n) is 6.93. The largest absolute Gasteiger partial charge is 0.355 e. The van der Waals surface area contributed by atoms with E-state index in [9.17, 15) is 18.0 Å². The van der Waals surface area contributed by atoms with Gasteiger partial charge in [-0.25, -0.2) is 8.42 Å². The molecule has 3 N–H and O–H groups in total. The minimum Gasteiger partial charge on any atom is -0.355 e. The van der Waals surface area contributed by atoms with E-state index in [-0.39, 0.29) is 22.9 Å². The molecule has 1 atom stereocenters. The predicted octanol–water partition coefficient (Wildman–Crippen LogP) is -0.147. The molecule has 0 saturated heterocycles. The average molecular weight is 337 g/mol. The summed E-state index contributed by atoms with van der Waals surface area (Å²) in [6, 6.07) is 4.63. The van der Waals surface area contributed by atoms with Crippen molar-refractivity contribution in [2.45, 2.75) is 24.8 Å². The Hall–Kier alpha value is -2.37. The Balaban J connectivity index is 2.79. The molecule has 0 radical (unpaired) electrons. The van der Waals surface area contributed by atoms with Crippen LogP contribution in [0.1, 0.15) is 24.2 Å². The second kappa shape index (κ2) is 8.31. The van der Waals surface area contributed by atoms with Crippen molar-refractivity contribution in [2.75, 3.05) is 13.1 Å². The number of carbonyl (C=O) groups is 2. The quantitative estimate of drug-likeness (QED) is 0.602. The SMILES string of the molecule is C#CCNS(=O)(=O)c1ccc(C(=O)NC(C)C(=O)NCC)cc1. The van der Waals surface area contributed by atoms with Crippen LogP contribution in [0.5, 0.6) is 0 Å². The standard InChI is InChI=1S/C15H19N3O4S/c1-4-10-17-23(21,22)13-8-6-12(7-9-13)15(20)18-11(3)14(19)16-5-2/h1,6-9,11,17H,5,10H2,2-3H3,(H,16,19)(H,18,20). The molecule has 7 nitrogen and oxygen atoms in total. The van der Waals surface area contributed by atoms with Crippen LogP contribution in [0.15, 0.2) is 29.2 Å². The van der Waals surface area contributed by atoms with Crippen molar-refractivity contribution in [2.24, 2.45) is 0 Å². The van der Waals surface area contributed by atoms with Gasteiger partial charge in [-0.3, -0.25) is 9.59 Å². The average Bonchev–Trinajstić information content (AvgIpc) is 2.53. The molecule has 0 fully saturated rings. The topological polar surface area (TPSA) is 104 Å². The molecule has 1 aromatic carbocycles. The molecule has 1 aromatic rings. The molecule has 0 aliphatic heterocycles. The lowest BCUT2D eigenvalue weighted by Gasteiger charge is -2.13. The van der Waals surface area contributed by atoms with Crippen molar-refractivity contribution in [3.63, 3.8) is 0 Å². The maximum absolute atomic E-state index is 12.0. The number of nitrogens with one attached hydrogen (secondary N) is 3. The van der Waals surface area contributed by atoms with Gasteiger partial charge in [0, 0.05) is 12.1 Å². The highest BCUT2D eigenvalue weighted by molar-refractivity contribution is 7.89. The van der Waals surface area contributed by atoms with Crippen LogP contribution >= 0.6 is 0 Å². The Labute approximate surface area is 135 Å². The number of benzene rings is 1. The lowest BCUT2D eigenvalue weighted by molar-refractivity contribution is -0.122. The number of hydrogen-bond acceptors (Lipinski definition) is 4. The van der Waals surface area contributed by atoms with Crippen LogP contribution in [0.2, 0.25) is 0 Å². The van der Waals surface area contributed by atoms with Gasteiger partial charge in [-0.15, -0.1) is 6.42 Å². The molecule has 23 heavy (non-hydrogen) atoms. The number of terminal acetylenes is 1. The van der Waals surface area contributed by atoms with Crippen molar-refractivity contribution < 1.29 is 18.0 Å². The van der Waals surface area contributed by atoms with E-state index >= 15 is 0 Å². The van der Waals surface area contributed by atoms with Crippen LogP contribution in [0.4, 0.5) is 0 Å². The molecule has 0 aliphatic rings. The highest BCUT2D eigenvalue weighted by Crippen LogP contribution is 2.10. The summed E-state index contributed by atoms with van der Waals surface area (Å²) < 4.78 is 25.9. The van der Waals surface area contributed by atoms with Crippen molar-refractivity contribution in [1.82, 2.24) is 15.4 Å².